The Morgan fingerprint density at radius 1 is 1.12 bits per heavy atom. The number of hydrogen-bond acceptors (Lipinski definition) is 5. The first-order valence-corrected chi connectivity index (χ1v) is 10.6. The molecule has 26 heavy (non-hydrogen) atoms. The summed E-state index contributed by atoms with van der Waals surface area (Å²) in [6.07, 6.45) is 1.89. The third-order valence-electron chi connectivity index (χ3n) is 4.82. The summed E-state index contributed by atoms with van der Waals surface area (Å²) in [5.41, 5.74) is 0.121. The Bertz CT molecular complexity index is 801. The topological polar surface area (TPSA) is 87.7 Å². The SMILES string of the molecule is CC(C)(C)CC(=O)N1CCN(C(=O)c2ccccn2)[C@@H]2CS(=O)(=O)C[C@@H]21. The first-order chi connectivity index (χ1) is 12.1. The van der Waals surface area contributed by atoms with Gasteiger partial charge in [0.05, 0.1) is 23.6 Å². The van der Waals surface area contributed by atoms with Gasteiger partial charge in [-0.2, -0.15) is 0 Å². The van der Waals surface area contributed by atoms with Crippen molar-refractivity contribution in [2.75, 3.05) is 24.6 Å². The lowest BCUT2D eigenvalue weighted by Crippen LogP contribution is -2.62. The number of pyridine rings is 1. The molecule has 0 spiro atoms. The summed E-state index contributed by atoms with van der Waals surface area (Å²) in [5.74, 6) is -0.509. The van der Waals surface area contributed by atoms with E-state index in [9.17, 15) is 18.0 Å². The Morgan fingerprint density at radius 2 is 1.73 bits per heavy atom. The Labute approximate surface area is 154 Å². The minimum Gasteiger partial charge on any atom is -0.335 e. The van der Waals surface area contributed by atoms with E-state index in [-0.39, 0.29) is 28.7 Å². The van der Waals surface area contributed by atoms with Gasteiger partial charge in [-0.05, 0) is 17.5 Å². The monoisotopic (exact) mass is 379 g/mol. The number of piperazine rings is 1. The zero-order valence-electron chi connectivity index (χ0n) is 15.4. The number of sulfone groups is 1. The van der Waals surface area contributed by atoms with Crippen molar-refractivity contribution in [1.29, 1.82) is 0 Å². The van der Waals surface area contributed by atoms with Crippen molar-refractivity contribution in [3.63, 3.8) is 0 Å². The van der Waals surface area contributed by atoms with Crippen molar-refractivity contribution >= 4 is 21.7 Å². The van der Waals surface area contributed by atoms with Crippen LogP contribution in [0.1, 0.15) is 37.7 Å². The molecule has 0 aliphatic carbocycles. The van der Waals surface area contributed by atoms with Crippen LogP contribution in [0.3, 0.4) is 0 Å². The molecule has 0 saturated carbocycles. The van der Waals surface area contributed by atoms with Gasteiger partial charge in [-0.1, -0.05) is 26.8 Å². The van der Waals surface area contributed by atoms with Gasteiger partial charge < -0.3 is 9.80 Å². The Hall–Kier alpha value is -1.96. The molecule has 2 atom stereocenters. The van der Waals surface area contributed by atoms with Gasteiger partial charge in [-0.15, -0.1) is 0 Å². The zero-order valence-corrected chi connectivity index (χ0v) is 16.2. The fraction of sp³-hybridized carbons (Fsp3) is 0.611. The number of fused-ring (bicyclic) bond motifs is 1. The quantitative estimate of drug-likeness (QED) is 0.764. The summed E-state index contributed by atoms with van der Waals surface area (Å²) >= 11 is 0. The molecule has 0 aromatic carbocycles. The van der Waals surface area contributed by atoms with Crippen LogP contribution in [0.4, 0.5) is 0 Å². The second-order valence-corrected chi connectivity index (χ2v) is 10.4. The highest BCUT2D eigenvalue weighted by molar-refractivity contribution is 7.91. The van der Waals surface area contributed by atoms with E-state index in [0.717, 1.165) is 0 Å². The van der Waals surface area contributed by atoms with E-state index in [1.54, 1.807) is 34.2 Å². The minimum atomic E-state index is -3.30. The normalized spacial score (nSPS) is 25.0. The maximum absolute atomic E-state index is 12.8. The molecule has 3 heterocycles. The largest absolute Gasteiger partial charge is 0.335 e. The zero-order chi connectivity index (χ0) is 19.1. The fourth-order valence-corrected chi connectivity index (χ4v) is 5.69. The molecule has 142 valence electrons. The van der Waals surface area contributed by atoms with E-state index in [0.29, 0.717) is 25.2 Å². The number of nitrogens with zero attached hydrogens (tertiary/aromatic N) is 3. The van der Waals surface area contributed by atoms with Crippen LogP contribution in [0.25, 0.3) is 0 Å². The maximum Gasteiger partial charge on any atom is 0.272 e. The Morgan fingerprint density at radius 3 is 2.31 bits per heavy atom. The van der Waals surface area contributed by atoms with Crippen LogP contribution in [0, 0.1) is 5.41 Å². The van der Waals surface area contributed by atoms with Crippen molar-refractivity contribution < 1.29 is 18.0 Å². The highest BCUT2D eigenvalue weighted by Gasteiger charge is 2.49. The van der Waals surface area contributed by atoms with Crippen molar-refractivity contribution in [3.05, 3.63) is 30.1 Å². The molecule has 8 heteroatoms. The van der Waals surface area contributed by atoms with Crippen molar-refractivity contribution in [1.82, 2.24) is 14.8 Å². The molecule has 2 amide bonds. The molecule has 2 aliphatic heterocycles. The van der Waals surface area contributed by atoms with Gasteiger partial charge in [0.1, 0.15) is 5.69 Å². The third-order valence-corrected chi connectivity index (χ3v) is 6.52. The number of carbonyl (C=O) groups is 2. The number of rotatable bonds is 2. The number of hydrogen-bond donors (Lipinski definition) is 0. The number of carbonyl (C=O) groups excluding carboxylic acids is 2. The molecule has 2 fully saturated rings. The average Bonchev–Trinajstić information content (AvgIpc) is 2.87. The van der Waals surface area contributed by atoms with E-state index in [2.05, 4.69) is 4.98 Å². The summed E-state index contributed by atoms with van der Waals surface area (Å²) in [5, 5.41) is 0. The van der Waals surface area contributed by atoms with Gasteiger partial charge in [-0.25, -0.2) is 8.42 Å². The smallest absolute Gasteiger partial charge is 0.272 e. The highest BCUT2D eigenvalue weighted by atomic mass is 32.2. The summed E-state index contributed by atoms with van der Waals surface area (Å²) in [4.78, 5) is 32.9. The minimum absolute atomic E-state index is 0.0467. The fourth-order valence-electron chi connectivity index (χ4n) is 3.71. The van der Waals surface area contributed by atoms with Crippen LogP contribution < -0.4 is 0 Å². The summed E-state index contributed by atoms with van der Waals surface area (Å²) in [6.45, 7) is 6.62. The third kappa shape index (κ3) is 3.90. The molecule has 7 nitrogen and oxygen atoms in total. The van der Waals surface area contributed by atoms with Crippen molar-refractivity contribution in [2.45, 2.75) is 39.3 Å². The van der Waals surface area contributed by atoms with Gasteiger partial charge in [0, 0.05) is 25.7 Å². The molecule has 3 rings (SSSR count). The first kappa shape index (κ1) is 18.8. The van der Waals surface area contributed by atoms with E-state index in [4.69, 9.17) is 0 Å². The standard InChI is InChI=1S/C18H25N3O4S/c1-18(2,3)10-16(22)20-8-9-21(15-12-26(24,25)11-14(15)20)17(23)13-6-4-5-7-19-13/h4-7,14-15H,8-12H2,1-3H3/t14-,15+/m0/s1. The molecular formula is C18H25N3O4S. The molecule has 1 aromatic rings. The Balaban J connectivity index is 1.86. The van der Waals surface area contributed by atoms with Gasteiger partial charge in [-0.3, -0.25) is 14.6 Å². The predicted molar refractivity (Wildman–Crippen MR) is 97.3 cm³/mol. The second kappa shape index (κ2) is 6.64. The molecule has 2 saturated heterocycles. The maximum atomic E-state index is 12.8. The van der Waals surface area contributed by atoms with E-state index >= 15 is 0 Å². The van der Waals surface area contributed by atoms with Crippen LogP contribution in [0.5, 0.6) is 0 Å². The molecule has 0 unspecified atom stereocenters. The van der Waals surface area contributed by atoms with Crippen LogP contribution in [-0.4, -0.2) is 71.7 Å². The number of amides is 2. The molecule has 1 aromatic heterocycles. The first-order valence-electron chi connectivity index (χ1n) is 8.79. The second-order valence-electron chi connectivity index (χ2n) is 8.25. The molecule has 2 aliphatic rings. The lowest BCUT2D eigenvalue weighted by molar-refractivity contribution is -0.138. The summed E-state index contributed by atoms with van der Waals surface area (Å²) in [6, 6.07) is 4.09. The predicted octanol–water partition coefficient (Wildman–Crippen LogP) is 0.968. The highest BCUT2D eigenvalue weighted by Crippen LogP contribution is 2.30. The van der Waals surface area contributed by atoms with Crippen LogP contribution in [-0.2, 0) is 14.6 Å². The van der Waals surface area contributed by atoms with Crippen LogP contribution in [0.15, 0.2) is 24.4 Å². The molecule has 0 bridgehead atoms. The van der Waals surface area contributed by atoms with Gasteiger partial charge in [0.15, 0.2) is 9.84 Å². The summed E-state index contributed by atoms with van der Waals surface area (Å²) in [7, 11) is -3.30. The Kier molecular flexibility index (Phi) is 4.81. The van der Waals surface area contributed by atoms with Crippen LogP contribution >= 0.6 is 0 Å². The molecule has 0 N–H and O–H groups in total. The molecular weight excluding hydrogens is 354 g/mol. The molecule has 0 radical (unpaired) electrons. The van der Waals surface area contributed by atoms with Gasteiger partial charge in [0.25, 0.3) is 5.91 Å². The van der Waals surface area contributed by atoms with E-state index in [1.807, 2.05) is 20.8 Å². The average molecular weight is 379 g/mol. The summed E-state index contributed by atoms with van der Waals surface area (Å²) < 4.78 is 24.5. The van der Waals surface area contributed by atoms with Crippen molar-refractivity contribution in [3.8, 4) is 0 Å². The van der Waals surface area contributed by atoms with Crippen LogP contribution in [0.2, 0.25) is 0 Å². The van der Waals surface area contributed by atoms with E-state index < -0.39 is 21.9 Å². The lowest BCUT2D eigenvalue weighted by atomic mass is 9.90. The van der Waals surface area contributed by atoms with Gasteiger partial charge in [0.2, 0.25) is 5.91 Å². The number of aromatic nitrogens is 1. The lowest BCUT2D eigenvalue weighted by Gasteiger charge is -2.44. The van der Waals surface area contributed by atoms with E-state index in [1.165, 1.54) is 0 Å². The van der Waals surface area contributed by atoms with Crippen molar-refractivity contribution in [2.24, 2.45) is 5.41 Å². The van der Waals surface area contributed by atoms with Gasteiger partial charge >= 0.3 is 0 Å².